The van der Waals surface area contributed by atoms with Crippen molar-refractivity contribution in [1.29, 1.82) is 0 Å². The first-order valence-electron chi connectivity index (χ1n) is 8.43. The standard InChI is InChI=1S/C20H21FN2O2/c1-13(2)18(22-19(24)15-7-5-8-16(21)12-15)20(25)23-11-10-14-6-3-4-9-17(14)23/h3-9,12-13,18H,10-11H2,1-2H3,(H,22,24)/t18-/m1/s1. The molecule has 0 aromatic heterocycles. The number of anilines is 1. The van der Waals surface area contributed by atoms with Crippen LogP contribution < -0.4 is 10.2 Å². The van der Waals surface area contributed by atoms with E-state index in [1.807, 2.05) is 38.1 Å². The second-order valence-electron chi connectivity index (χ2n) is 6.57. The molecule has 0 saturated carbocycles. The number of halogens is 1. The van der Waals surface area contributed by atoms with Crippen molar-refractivity contribution in [3.8, 4) is 0 Å². The average molecular weight is 340 g/mol. The molecule has 25 heavy (non-hydrogen) atoms. The van der Waals surface area contributed by atoms with Gasteiger partial charge in [0.2, 0.25) is 5.91 Å². The topological polar surface area (TPSA) is 49.4 Å². The summed E-state index contributed by atoms with van der Waals surface area (Å²) in [4.78, 5) is 27.2. The van der Waals surface area contributed by atoms with Crippen LogP contribution in [0.15, 0.2) is 48.5 Å². The fourth-order valence-corrected chi connectivity index (χ4v) is 3.10. The van der Waals surface area contributed by atoms with E-state index in [4.69, 9.17) is 0 Å². The van der Waals surface area contributed by atoms with Crippen molar-refractivity contribution < 1.29 is 14.0 Å². The maximum Gasteiger partial charge on any atom is 0.252 e. The van der Waals surface area contributed by atoms with Crippen LogP contribution >= 0.6 is 0 Å². The van der Waals surface area contributed by atoms with Crippen molar-refractivity contribution in [2.75, 3.05) is 11.4 Å². The van der Waals surface area contributed by atoms with E-state index in [1.165, 1.54) is 24.3 Å². The maximum absolute atomic E-state index is 13.3. The quantitative estimate of drug-likeness (QED) is 0.929. The predicted molar refractivity (Wildman–Crippen MR) is 95.0 cm³/mol. The van der Waals surface area contributed by atoms with Gasteiger partial charge < -0.3 is 10.2 Å². The summed E-state index contributed by atoms with van der Waals surface area (Å²) < 4.78 is 13.3. The van der Waals surface area contributed by atoms with E-state index in [-0.39, 0.29) is 17.4 Å². The second-order valence-corrected chi connectivity index (χ2v) is 6.57. The summed E-state index contributed by atoms with van der Waals surface area (Å²) in [6.45, 7) is 4.38. The van der Waals surface area contributed by atoms with Gasteiger partial charge in [0.1, 0.15) is 11.9 Å². The molecule has 0 saturated heterocycles. The van der Waals surface area contributed by atoms with Crippen LogP contribution in [-0.2, 0) is 11.2 Å². The van der Waals surface area contributed by atoms with Crippen LogP contribution in [0.4, 0.5) is 10.1 Å². The van der Waals surface area contributed by atoms with Crippen LogP contribution in [-0.4, -0.2) is 24.4 Å². The molecule has 0 radical (unpaired) electrons. The number of para-hydroxylation sites is 1. The first-order chi connectivity index (χ1) is 12.0. The van der Waals surface area contributed by atoms with Crippen LogP contribution in [0.5, 0.6) is 0 Å². The molecule has 130 valence electrons. The predicted octanol–water partition coefficient (Wildman–Crippen LogP) is 3.17. The van der Waals surface area contributed by atoms with Gasteiger partial charge in [-0.1, -0.05) is 38.1 Å². The summed E-state index contributed by atoms with van der Waals surface area (Å²) >= 11 is 0. The van der Waals surface area contributed by atoms with Crippen LogP contribution in [0.3, 0.4) is 0 Å². The van der Waals surface area contributed by atoms with Gasteiger partial charge >= 0.3 is 0 Å². The molecule has 1 aliphatic heterocycles. The van der Waals surface area contributed by atoms with Gasteiger partial charge in [-0.15, -0.1) is 0 Å². The number of nitrogens with zero attached hydrogens (tertiary/aromatic N) is 1. The lowest BCUT2D eigenvalue weighted by atomic mass is 10.0. The third-order valence-corrected chi connectivity index (χ3v) is 4.46. The summed E-state index contributed by atoms with van der Waals surface area (Å²) in [7, 11) is 0. The molecule has 1 N–H and O–H groups in total. The molecule has 2 amide bonds. The third kappa shape index (κ3) is 3.55. The molecule has 2 aromatic rings. The number of amides is 2. The minimum absolute atomic E-state index is 0.0854. The van der Waals surface area contributed by atoms with Crippen molar-refractivity contribution in [1.82, 2.24) is 5.32 Å². The van der Waals surface area contributed by atoms with Gasteiger partial charge in [0, 0.05) is 17.8 Å². The molecule has 5 heteroatoms. The van der Waals surface area contributed by atoms with Crippen molar-refractivity contribution >= 4 is 17.5 Å². The summed E-state index contributed by atoms with van der Waals surface area (Å²) in [5.41, 5.74) is 2.24. The van der Waals surface area contributed by atoms with Gasteiger partial charge in [-0.25, -0.2) is 4.39 Å². The van der Waals surface area contributed by atoms with E-state index in [0.717, 1.165) is 17.7 Å². The van der Waals surface area contributed by atoms with E-state index < -0.39 is 17.8 Å². The molecule has 0 unspecified atom stereocenters. The van der Waals surface area contributed by atoms with Gasteiger partial charge in [-0.05, 0) is 42.2 Å². The minimum atomic E-state index is -0.665. The van der Waals surface area contributed by atoms with E-state index >= 15 is 0 Å². The Bertz CT molecular complexity index is 804. The molecule has 0 fully saturated rings. The first-order valence-corrected chi connectivity index (χ1v) is 8.43. The molecule has 0 bridgehead atoms. The van der Waals surface area contributed by atoms with Crippen LogP contribution in [0.25, 0.3) is 0 Å². The van der Waals surface area contributed by atoms with E-state index in [9.17, 15) is 14.0 Å². The number of fused-ring (bicyclic) bond motifs is 1. The highest BCUT2D eigenvalue weighted by atomic mass is 19.1. The molecular weight excluding hydrogens is 319 g/mol. The lowest BCUT2D eigenvalue weighted by Crippen LogP contribution is -2.51. The molecule has 1 aliphatic rings. The average Bonchev–Trinajstić information content (AvgIpc) is 3.02. The van der Waals surface area contributed by atoms with Crippen molar-refractivity contribution in [3.63, 3.8) is 0 Å². The Kier molecular flexibility index (Phi) is 4.83. The highest BCUT2D eigenvalue weighted by Gasteiger charge is 2.32. The monoisotopic (exact) mass is 340 g/mol. The van der Waals surface area contributed by atoms with Gasteiger partial charge in [0.25, 0.3) is 5.91 Å². The molecule has 1 atom stereocenters. The summed E-state index contributed by atoms with van der Waals surface area (Å²) in [6.07, 6.45) is 0.810. The third-order valence-electron chi connectivity index (χ3n) is 4.46. The number of rotatable bonds is 4. The number of hydrogen-bond acceptors (Lipinski definition) is 2. The molecule has 3 rings (SSSR count). The second kappa shape index (κ2) is 7.05. The Morgan fingerprint density at radius 3 is 2.60 bits per heavy atom. The Morgan fingerprint density at radius 2 is 1.88 bits per heavy atom. The Morgan fingerprint density at radius 1 is 1.12 bits per heavy atom. The highest BCUT2D eigenvalue weighted by molar-refractivity contribution is 6.03. The fourth-order valence-electron chi connectivity index (χ4n) is 3.10. The largest absolute Gasteiger partial charge is 0.340 e. The Balaban J connectivity index is 1.80. The van der Waals surface area contributed by atoms with E-state index in [2.05, 4.69) is 5.32 Å². The number of nitrogens with one attached hydrogen (secondary N) is 1. The van der Waals surface area contributed by atoms with Crippen LogP contribution in [0.1, 0.15) is 29.8 Å². The molecular formula is C20H21FN2O2. The number of hydrogen-bond donors (Lipinski definition) is 1. The smallest absolute Gasteiger partial charge is 0.252 e. The number of carbonyl (C=O) groups is 2. The first kappa shape index (κ1) is 17.1. The van der Waals surface area contributed by atoms with E-state index in [0.29, 0.717) is 6.54 Å². The summed E-state index contributed by atoms with van der Waals surface area (Å²) in [5, 5.41) is 2.77. The summed E-state index contributed by atoms with van der Waals surface area (Å²) in [6, 6.07) is 12.6. The van der Waals surface area contributed by atoms with Gasteiger partial charge in [0.05, 0.1) is 0 Å². The fraction of sp³-hybridized carbons (Fsp3) is 0.300. The number of carbonyl (C=O) groups excluding carboxylic acids is 2. The zero-order valence-electron chi connectivity index (χ0n) is 14.3. The molecule has 2 aromatic carbocycles. The van der Waals surface area contributed by atoms with Crippen molar-refractivity contribution in [2.24, 2.45) is 5.92 Å². The van der Waals surface area contributed by atoms with Crippen LogP contribution in [0.2, 0.25) is 0 Å². The highest BCUT2D eigenvalue weighted by Crippen LogP contribution is 2.28. The molecule has 0 aliphatic carbocycles. The van der Waals surface area contributed by atoms with Crippen LogP contribution in [0, 0.1) is 11.7 Å². The van der Waals surface area contributed by atoms with Gasteiger partial charge in [0.15, 0.2) is 0 Å². The van der Waals surface area contributed by atoms with Crippen molar-refractivity contribution in [2.45, 2.75) is 26.3 Å². The molecule has 1 heterocycles. The van der Waals surface area contributed by atoms with Gasteiger partial charge in [-0.2, -0.15) is 0 Å². The zero-order chi connectivity index (χ0) is 18.0. The number of benzene rings is 2. The Hall–Kier alpha value is -2.69. The lowest BCUT2D eigenvalue weighted by Gasteiger charge is -2.27. The van der Waals surface area contributed by atoms with Gasteiger partial charge in [-0.3, -0.25) is 9.59 Å². The molecule has 4 nitrogen and oxygen atoms in total. The molecule has 0 spiro atoms. The maximum atomic E-state index is 13.3. The summed E-state index contributed by atoms with van der Waals surface area (Å²) in [5.74, 6) is -1.14. The van der Waals surface area contributed by atoms with E-state index in [1.54, 1.807) is 4.90 Å². The SMILES string of the molecule is CC(C)[C@@H](NC(=O)c1cccc(F)c1)C(=O)N1CCc2ccccc21. The lowest BCUT2D eigenvalue weighted by molar-refractivity contribution is -0.121. The normalized spacial score (nSPS) is 14.3. The Labute approximate surface area is 146 Å². The van der Waals surface area contributed by atoms with Crippen molar-refractivity contribution in [3.05, 3.63) is 65.5 Å². The minimum Gasteiger partial charge on any atom is -0.340 e. The zero-order valence-corrected chi connectivity index (χ0v) is 14.3.